The number of hydrazone groups is 1. The zero-order chi connectivity index (χ0) is 25.9. The summed E-state index contributed by atoms with van der Waals surface area (Å²) in [5.41, 5.74) is 3.50. The highest BCUT2D eigenvalue weighted by atomic mass is 16.5. The van der Waals surface area contributed by atoms with E-state index in [-0.39, 0.29) is 0 Å². The minimum Gasteiger partial charge on any atom is -0.494 e. The summed E-state index contributed by atoms with van der Waals surface area (Å²) < 4.78 is 21.1. The van der Waals surface area contributed by atoms with Gasteiger partial charge >= 0.3 is 17.8 Å². The number of rotatable bonds is 9. The van der Waals surface area contributed by atoms with Crippen LogP contribution in [-0.2, 0) is 9.59 Å². The number of ether oxygens (including phenoxy) is 4. The number of carbonyl (C=O) groups excluding carboxylic acids is 3. The largest absolute Gasteiger partial charge is 0.494 e. The van der Waals surface area contributed by atoms with Gasteiger partial charge in [0.15, 0.2) is 11.5 Å². The van der Waals surface area contributed by atoms with Gasteiger partial charge in [-0.3, -0.25) is 9.59 Å². The molecule has 0 atom stereocenters. The van der Waals surface area contributed by atoms with Gasteiger partial charge in [-0.05, 0) is 79.2 Å². The molecule has 0 bridgehead atoms. The molecule has 0 aliphatic carbocycles. The lowest BCUT2D eigenvalue weighted by molar-refractivity contribution is -0.136. The number of carbonyl (C=O) groups is 3. The monoisotopic (exact) mass is 491 g/mol. The van der Waals surface area contributed by atoms with E-state index in [9.17, 15) is 14.4 Å². The number of benzene rings is 3. The molecule has 0 saturated carbocycles. The molecule has 0 aliphatic rings. The second kappa shape index (κ2) is 12.6. The van der Waals surface area contributed by atoms with Crippen molar-refractivity contribution in [3.05, 3.63) is 77.9 Å². The summed E-state index contributed by atoms with van der Waals surface area (Å²) in [6.45, 7) is 2.39. The van der Waals surface area contributed by atoms with Crippen LogP contribution < -0.4 is 29.7 Å². The first-order chi connectivity index (χ1) is 17.4. The van der Waals surface area contributed by atoms with Gasteiger partial charge in [-0.2, -0.15) is 5.10 Å². The number of methoxy groups -OCH3 is 2. The third-order valence-electron chi connectivity index (χ3n) is 4.72. The van der Waals surface area contributed by atoms with Gasteiger partial charge in [-0.15, -0.1) is 0 Å². The first kappa shape index (κ1) is 25.8. The van der Waals surface area contributed by atoms with Crippen molar-refractivity contribution < 1.29 is 33.3 Å². The van der Waals surface area contributed by atoms with E-state index in [1.165, 1.54) is 26.5 Å². The molecular formula is C26H25N3O7. The van der Waals surface area contributed by atoms with Crippen LogP contribution in [0.25, 0.3) is 0 Å². The third-order valence-corrected chi connectivity index (χ3v) is 4.72. The molecule has 186 valence electrons. The normalized spacial score (nSPS) is 10.4. The number of hydrogen-bond acceptors (Lipinski definition) is 8. The second-order valence-corrected chi connectivity index (χ2v) is 7.14. The van der Waals surface area contributed by atoms with Gasteiger partial charge in [0.25, 0.3) is 0 Å². The quantitative estimate of drug-likeness (QED) is 0.155. The highest BCUT2D eigenvalue weighted by Crippen LogP contribution is 2.28. The predicted molar refractivity (Wildman–Crippen MR) is 133 cm³/mol. The van der Waals surface area contributed by atoms with Gasteiger partial charge in [0, 0.05) is 5.69 Å². The molecule has 0 radical (unpaired) electrons. The molecule has 2 N–H and O–H groups in total. The van der Waals surface area contributed by atoms with Crippen molar-refractivity contribution >= 4 is 29.7 Å². The van der Waals surface area contributed by atoms with Gasteiger partial charge in [0.1, 0.15) is 11.5 Å². The summed E-state index contributed by atoms with van der Waals surface area (Å²) in [4.78, 5) is 36.4. The number of nitrogens with zero attached hydrogens (tertiary/aromatic N) is 1. The van der Waals surface area contributed by atoms with Gasteiger partial charge in [-0.1, -0.05) is 0 Å². The fourth-order valence-corrected chi connectivity index (χ4v) is 2.96. The number of nitrogens with one attached hydrogen (secondary N) is 2. The Hall–Kier alpha value is -4.86. The van der Waals surface area contributed by atoms with E-state index in [1.54, 1.807) is 60.7 Å². The highest BCUT2D eigenvalue weighted by Gasteiger charge is 2.14. The molecule has 0 aromatic heterocycles. The maximum Gasteiger partial charge on any atom is 0.343 e. The van der Waals surface area contributed by atoms with Crippen LogP contribution in [-0.4, -0.2) is 44.8 Å². The Kier molecular flexibility index (Phi) is 8.99. The maximum atomic E-state index is 12.4. The summed E-state index contributed by atoms with van der Waals surface area (Å²) in [5.74, 6) is -0.485. The van der Waals surface area contributed by atoms with Crippen molar-refractivity contribution in [2.75, 3.05) is 26.1 Å². The van der Waals surface area contributed by atoms with E-state index >= 15 is 0 Å². The molecule has 0 aliphatic heterocycles. The van der Waals surface area contributed by atoms with Crippen LogP contribution in [0.1, 0.15) is 22.8 Å². The van der Waals surface area contributed by atoms with E-state index in [0.29, 0.717) is 46.4 Å². The molecule has 2 amide bonds. The minimum atomic E-state index is -0.930. The molecule has 0 fully saturated rings. The summed E-state index contributed by atoms with van der Waals surface area (Å²) in [6, 6.07) is 17.7. The van der Waals surface area contributed by atoms with Crippen molar-refractivity contribution in [2.45, 2.75) is 6.92 Å². The topological polar surface area (TPSA) is 125 Å². The van der Waals surface area contributed by atoms with Crippen LogP contribution >= 0.6 is 0 Å². The highest BCUT2D eigenvalue weighted by molar-refractivity contribution is 6.39. The third kappa shape index (κ3) is 7.07. The van der Waals surface area contributed by atoms with Crippen LogP contribution in [0.4, 0.5) is 5.69 Å². The first-order valence-electron chi connectivity index (χ1n) is 10.8. The van der Waals surface area contributed by atoms with Crippen molar-refractivity contribution in [3.8, 4) is 23.0 Å². The second-order valence-electron chi connectivity index (χ2n) is 7.14. The Bertz CT molecular complexity index is 1240. The van der Waals surface area contributed by atoms with E-state index in [2.05, 4.69) is 15.8 Å². The fraction of sp³-hybridized carbons (Fsp3) is 0.154. The van der Waals surface area contributed by atoms with Crippen LogP contribution in [0.3, 0.4) is 0 Å². The summed E-state index contributed by atoms with van der Waals surface area (Å²) >= 11 is 0. The van der Waals surface area contributed by atoms with Gasteiger partial charge < -0.3 is 24.3 Å². The molecule has 3 aromatic carbocycles. The lowest BCUT2D eigenvalue weighted by Gasteiger charge is -2.09. The first-order valence-corrected chi connectivity index (χ1v) is 10.8. The zero-order valence-electron chi connectivity index (χ0n) is 19.9. The molecule has 10 heteroatoms. The Morgan fingerprint density at radius 1 is 0.833 bits per heavy atom. The van der Waals surface area contributed by atoms with Gasteiger partial charge in [0.05, 0.1) is 32.6 Å². The van der Waals surface area contributed by atoms with Gasteiger partial charge in [-0.25, -0.2) is 10.2 Å². The average Bonchev–Trinajstić information content (AvgIpc) is 2.90. The molecule has 10 nitrogen and oxygen atoms in total. The van der Waals surface area contributed by atoms with E-state index in [0.717, 1.165) is 0 Å². The van der Waals surface area contributed by atoms with Gasteiger partial charge in [0.2, 0.25) is 0 Å². The number of amides is 2. The molecular weight excluding hydrogens is 466 g/mol. The average molecular weight is 492 g/mol. The maximum absolute atomic E-state index is 12.4. The molecule has 0 spiro atoms. The Balaban J connectivity index is 1.50. The van der Waals surface area contributed by atoms with Crippen LogP contribution in [0.2, 0.25) is 0 Å². The summed E-state index contributed by atoms with van der Waals surface area (Å²) in [5, 5.41) is 6.25. The van der Waals surface area contributed by atoms with Crippen molar-refractivity contribution in [3.63, 3.8) is 0 Å². The summed E-state index contributed by atoms with van der Waals surface area (Å²) in [6.07, 6.45) is 1.35. The zero-order valence-corrected chi connectivity index (χ0v) is 19.9. The van der Waals surface area contributed by atoms with Crippen LogP contribution in [0.15, 0.2) is 71.8 Å². The fourth-order valence-electron chi connectivity index (χ4n) is 2.96. The SMILES string of the molecule is CCOc1ccc(NC(=O)C(=O)NN=Cc2ccc(OC(=O)c3ccc(OC)c(OC)c3)cc2)cc1. The lowest BCUT2D eigenvalue weighted by Crippen LogP contribution is -2.32. The molecule has 0 heterocycles. The number of hydrogen-bond donors (Lipinski definition) is 2. The lowest BCUT2D eigenvalue weighted by atomic mass is 10.2. The molecule has 3 aromatic rings. The summed E-state index contributed by atoms with van der Waals surface area (Å²) in [7, 11) is 2.98. The van der Waals surface area contributed by atoms with E-state index < -0.39 is 17.8 Å². The molecule has 0 saturated heterocycles. The molecule has 36 heavy (non-hydrogen) atoms. The Morgan fingerprint density at radius 2 is 1.50 bits per heavy atom. The van der Waals surface area contributed by atoms with Crippen molar-refractivity contribution in [1.82, 2.24) is 5.43 Å². The smallest absolute Gasteiger partial charge is 0.343 e. The van der Waals surface area contributed by atoms with Crippen molar-refractivity contribution in [1.29, 1.82) is 0 Å². The van der Waals surface area contributed by atoms with E-state index in [1.807, 2.05) is 6.92 Å². The molecule has 3 rings (SSSR count). The Morgan fingerprint density at radius 3 is 2.14 bits per heavy atom. The van der Waals surface area contributed by atoms with E-state index in [4.69, 9.17) is 18.9 Å². The van der Waals surface area contributed by atoms with Crippen LogP contribution in [0.5, 0.6) is 23.0 Å². The van der Waals surface area contributed by atoms with Crippen LogP contribution in [0, 0.1) is 0 Å². The Labute approximate surface area is 207 Å². The predicted octanol–water partition coefficient (Wildman–Crippen LogP) is 3.41. The minimum absolute atomic E-state index is 0.296. The molecule has 0 unspecified atom stereocenters. The number of anilines is 1. The van der Waals surface area contributed by atoms with Crippen molar-refractivity contribution in [2.24, 2.45) is 5.10 Å². The number of esters is 1. The standard InChI is InChI=1S/C26H25N3O7/c1-4-35-20-12-8-19(9-13-20)28-24(30)25(31)29-27-16-17-5-10-21(11-6-17)36-26(32)18-7-14-22(33-2)23(15-18)34-3/h5-16H,4H2,1-3H3,(H,28,30)(H,29,31).